The number of rotatable bonds is 2. The molecular formula is C14H12N2O3. The Hall–Kier alpha value is -2.56. The van der Waals surface area contributed by atoms with Gasteiger partial charge in [-0.25, -0.2) is 4.99 Å². The molecular weight excluding hydrogens is 244 g/mol. The van der Waals surface area contributed by atoms with Crippen molar-refractivity contribution in [2.45, 2.75) is 6.42 Å². The number of amides is 1. The minimum atomic E-state index is -0.123. The van der Waals surface area contributed by atoms with Crippen LogP contribution in [-0.2, 0) is 4.79 Å². The number of nitrogens with one attached hydrogen (secondary N) is 1. The Morgan fingerprint density at radius 1 is 1.37 bits per heavy atom. The summed E-state index contributed by atoms with van der Waals surface area (Å²) in [7, 11) is 1.58. The summed E-state index contributed by atoms with van der Waals surface area (Å²) in [5, 5.41) is 2.81. The zero-order valence-electron chi connectivity index (χ0n) is 10.3. The van der Waals surface area contributed by atoms with Crippen molar-refractivity contribution in [3.05, 3.63) is 42.4 Å². The van der Waals surface area contributed by atoms with Gasteiger partial charge in [0.2, 0.25) is 5.91 Å². The smallest absolute Gasteiger partial charge is 0.230 e. The molecule has 0 spiro atoms. The van der Waals surface area contributed by atoms with E-state index in [4.69, 9.17) is 9.15 Å². The molecule has 3 rings (SSSR count). The third-order valence-electron chi connectivity index (χ3n) is 2.87. The van der Waals surface area contributed by atoms with Gasteiger partial charge in [0.05, 0.1) is 36.9 Å². The van der Waals surface area contributed by atoms with Crippen molar-refractivity contribution in [1.29, 1.82) is 0 Å². The van der Waals surface area contributed by atoms with E-state index in [1.54, 1.807) is 37.6 Å². The zero-order chi connectivity index (χ0) is 13.2. The van der Waals surface area contributed by atoms with Crippen LogP contribution in [0.25, 0.3) is 0 Å². The number of nitrogens with zero attached hydrogens (tertiary/aromatic N) is 1. The molecule has 0 saturated carbocycles. The second-order valence-electron chi connectivity index (χ2n) is 4.14. The fraction of sp³-hybridized carbons (Fsp3) is 0.143. The van der Waals surface area contributed by atoms with Gasteiger partial charge < -0.3 is 14.5 Å². The first kappa shape index (κ1) is 11.5. The largest absolute Gasteiger partial charge is 0.497 e. The molecule has 1 aliphatic heterocycles. The maximum atomic E-state index is 11.9. The standard InChI is InChI=1S/C14H12N2O3/c1-18-9-4-5-10-11(7-9)16-14(17)8-12(15-10)13-3-2-6-19-13/h2-7H,8H2,1H3,(H,16,17). The fourth-order valence-electron chi connectivity index (χ4n) is 1.96. The van der Waals surface area contributed by atoms with Crippen LogP contribution < -0.4 is 10.1 Å². The molecule has 2 aromatic rings. The van der Waals surface area contributed by atoms with Crippen molar-refractivity contribution < 1.29 is 13.9 Å². The molecule has 1 N–H and O–H groups in total. The number of hydrogen-bond acceptors (Lipinski definition) is 4. The van der Waals surface area contributed by atoms with Crippen LogP contribution in [0.2, 0.25) is 0 Å². The van der Waals surface area contributed by atoms with Gasteiger partial charge in [0, 0.05) is 6.07 Å². The Kier molecular flexibility index (Phi) is 2.79. The molecule has 5 nitrogen and oxygen atoms in total. The first-order valence-corrected chi connectivity index (χ1v) is 5.85. The highest BCUT2D eigenvalue weighted by molar-refractivity contribution is 6.15. The Balaban J connectivity index is 2.08. The fourth-order valence-corrected chi connectivity index (χ4v) is 1.96. The molecule has 0 unspecified atom stereocenters. The third kappa shape index (κ3) is 2.22. The molecule has 0 bridgehead atoms. The van der Waals surface area contributed by atoms with Gasteiger partial charge in [-0.05, 0) is 24.3 Å². The number of furan rings is 1. The monoisotopic (exact) mass is 256 g/mol. The summed E-state index contributed by atoms with van der Waals surface area (Å²) in [6, 6.07) is 8.93. The number of carbonyl (C=O) groups excluding carboxylic acids is 1. The normalized spacial score (nSPS) is 14.2. The molecule has 0 fully saturated rings. The number of hydrogen-bond donors (Lipinski definition) is 1. The predicted octanol–water partition coefficient (Wildman–Crippen LogP) is 2.75. The van der Waals surface area contributed by atoms with E-state index in [1.807, 2.05) is 6.07 Å². The van der Waals surface area contributed by atoms with Crippen molar-refractivity contribution in [3.8, 4) is 5.75 Å². The van der Waals surface area contributed by atoms with Gasteiger partial charge in [-0.2, -0.15) is 0 Å². The molecule has 96 valence electrons. The number of methoxy groups -OCH3 is 1. The average molecular weight is 256 g/mol. The lowest BCUT2D eigenvalue weighted by atomic mass is 10.2. The van der Waals surface area contributed by atoms with E-state index in [1.165, 1.54) is 0 Å². The topological polar surface area (TPSA) is 63.8 Å². The van der Waals surface area contributed by atoms with E-state index in [9.17, 15) is 4.79 Å². The van der Waals surface area contributed by atoms with Crippen LogP contribution >= 0.6 is 0 Å². The van der Waals surface area contributed by atoms with Crippen molar-refractivity contribution in [2.24, 2.45) is 4.99 Å². The van der Waals surface area contributed by atoms with Gasteiger partial charge in [0.1, 0.15) is 11.5 Å². The van der Waals surface area contributed by atoms with E-state index < -0.39 is 0 Å². The van der Waals surface area contributed by atoms with E-state index in [2.05, 4.69) is 10.3 Å². The molecule has 0 aliphatic carbocycles. The Bertz CT molecular complexity index is 645. The maximum Gasteiger partial charge on any atom is 0.230 e. The summed E-state index contributed by atoms with van der Waals surface area (Å²) in [6.07, 6.45) is 1.75. The first-order chi connectivity index (χ1) is 9.26. The number of anilines is 1. The van der Waals surface area contributed by atoms with Gasteiger partial charge in [-0.15, -0.1) is 0 Å². The number of fused-ring (bicyclic) bond motifs is 1. The van der Waals surface area contributed by atoms with Crippen LogP contribution in [0.15, 0.2) is 46.0 Å². The van der Waals surface area contributed by atoms with Gasteiger partial charge in [-0.1, -0.05) is 0 Å². The number of ether oxygens (including phenoxy) is 1. The number of benzene rings is 1. The molecule has 0 saturated heterocycles. The van der Waals surface area contributed by atoms with Crippen LogP contribution in [0, 0.1) is 0 Å². The molecule has 1 aliphatic rings. The quantitative estimate of drug-likeness (QED) is 0.898. The highest BCUT2D eigenvalue weighted by atomic mass is 16.5. The van der Waals surface area contributed by atoms with Crippen molar-refractivity contribution in [3.63, 3.8) is 0 Å². The molecule has 0 radical (unpaired) electrons. The van der Waals surface area contributed by atoms with Crippen LogP contribution in [-0.4, -0.2) is 18.7 Å². The van der Waals surface area contributed by atoms with Crippen LogP contribution in [0.5, 0.6) is 5.75 Å². The molecule has 5 heteroatoms. The van der Waals surface area contributed by atoms with E-state index in [0.717, 1.165) is 0 Å². The Morgan fingerprint density at radius 3 is 3.00 bits per heavy atom. The van der Waals surface area contributed by atoms with Gasteiger partial charge in [0.25, 0.3) is 0 Å². The van der Waals surface area contributed by atoms with Crippen LogP contribution in [0.3, 0.4) is 0 Å². The minimum Gasteiger partial charge on any atom is -0.497 e. The maximum absolute atomic E-state index is 11.9. The van der Waals surface area contributed by atoms with Gasteiger partial charge in [0.15, 0.2) is 0 Å². The average Bonchev–Trinajstić information content (AvgIpc) is 2.88. The summed E-state index contributed by atoms with van der Waals surface area (Å²) >= 11 is 0. The summed E-state index contributed by atoms with van der Waals surface area (Å²) in [6.45, 7) is 0. The van der Waals surface area contributed by atoms with Crippen LogP contribution in [0.1, 0.15) is 12.2 Å². The molecule has 1 amide bonds. The SMILES string of the molecule is COc1ccc2c(c1)NC(=O)CC(c1ccco1)=N2. The van der Waals surface area contributed by atoms with Crippen molar-refractivity contribution >= 4 is 23.0 Å². The number of carbonyl (C=O) groups is 1. The highest BCUT2D eigenvalue weighted by Crippen LogP contribution is 2.32. The lowest BCUT2D eigenvalue weighted by Gasteiger charge is -2.06. The number of aliphatic imine (C=N–C) groups is 1. The first-order valence-electron chi connectivity index (χ1n) is 5.85. The van der Waals surface area contributed by atoms with E-state index in [-0.39, 0.29) is 12.3 Å². The minimum absolute atomic E-state index is 0.123. The second kappa shape index (κ2) is 4.61. The summed E-state index contributed by atoms with van der Waals surface area (Å²) in [4.78, 5) is 16.4. The summed E-state index contributed by atoms with van der Waals surface area (Å²) in [5.74, 6) is 1.16. The highest BCUT2D eigenvalue weighted by Gasteiger charge is 2.19. The third-order valence-corrected chi connectivity index (χ3v) is 2.87. The molecule has 1 aromatic carbocycles. The summed E-state index contributed by atoms with van der Waals surface area (Å²) < 4.78 is 10.4. The molecule has 1 aromatic heterocycles. The lowest BCUT2D eigenvalue weighted by molar-refractivity contribution is -0.115. The second-order valence-corrected chi connectivity index (χ2v) is 4.14. The molecule has 19 heavy (non-hydrogen) atoms. The van der Waals surface area contributed by atoms with Gasteiger partial charge in [-0.3, -0.25) is 4.79 Å². The summed E-state index contributed by atoms with van der Waals surface area (Å²) in [5.41, 5.74) is 1.95. The zero-order valence-corrected chi connectivity index (χ0v) is 10.3. The van der Waals surface area contributed by atoms with E-state index in [0.29, 0.717) is 28.6 Å². The van der Waals surface area contributed by atoms with Crippen molar-refractivity contribution in [1.82, 2.24) is 0 Å². The van der Waals surface area contributed by atoms with Crippen LogP contribution in [0.4, 0.5) is 11.4 Å². The lowest BCUT2D eigenvalue weighted by Crippen LogP contribution is -2.14. The molecule has 2 heterocycles. The Morgan fingerprint density at radius 2 is 2.26 bits per heavy atom. The molecule has 0 atom stereocenters. The van der Waals surface area contributed by atoms with E-state index >= 15 is 0 Å². The Labute approximate surface area is 109 Å². The van der Waals surface area contributed by atoms with Crippen molar-refractivity contribution in [2.75, 3.05) is 12.4 Å². The van der Waals surface area contributed by atoms with Gasteiger partial charge >= 0.3 is 0 Å². The predicted molar refractivity (Wildman–Crippen MR) is 71.1 cm³/mol.